The number of hydrogen-bond acceptors (Lipinski definition) is 3. The topological polar surface area (TPSA) is 52.2 Å². The normalized spacial score (nSPS) is 10.9. The third-order valence-corrected chi connectivity index (χ3v) is 3.17. The number of benzene rings is 2. The van der Waals surface area contributed by atoms with Crippen molar-refractivity contribution in [1.29, 1.82) is 0 Å². The summed E-state index contributed by atoms with van der Waals surface area (Å²) in [6.45, 7) is 0. The quantitative estimate of drug-likeness (QED) is 0.673. The van der Waals surface area contributed by atoms with E-state index in [0.717, 1.165) is 0 Å². The Labute approximate surface area is 113 Å². The smallest absolute Gasteiger partial charge is 0.408 e. The van der Waals surface area contributed by atoms with Gasteiger partial charge in [0, 0.05) is 12.6 Å². The van der Waals surface area contributed by atoms with E-state index >= 15 is 0 Å². The fraction of sp³-hybridized carbons (Fsp3) is 0.0667. The van der Waals surface area contributed by atoms with Gasteiger partial charge in [-0.2, -0.15) is 0 Å². The van der Waals surface area contributed by atoms with Crippen LogP contribution < -0.4 is 5.76 Å². The van der Waals surface area contributed by atoms with E-state index in [4.69, 9.17) is 4.42 Å². The fourth-order valence-electron chi connectivity index (χ4n) is 2.07. The molecule has 0 unspecified atom stereocenters. The molecule has 1 heterocycles. The first-order chi connectivity index (χ1) is 9.58. The molecule has 0 saturated carbocycles. The van der Waals surface area contributed by atoms with Crippen molar-refractivity contribution in [1.82, 2.24) is 4.57 Å². The molecule has 0 aliphatic heterocycles. The Morgan fingerprint density at radius 3 is 2.70 bits per heavy atom. The number of fused-ring (bicyclic) bond motifs is 1. The van der Waals surface area contributed by atoms with E-state index < -0.39 is 17.4 Å². The van der Waals surface area contributed by atoms with E-state index in [0.29, 0.717) is 16.7 Å². The molecule has 20 heavy (non-hydrogen) atoms. The molecule has 0 amide bonds. The lowest BCUT2D eigenvalue weighted by molar-refractivity contribution is 0.103. The van der Waals surface area contributed by atoms with Crippen molar-refractivity contribution in [3.05, 3.63) is 70.0 Å². The number of rotatable bonds is 2. The molecule has 0 spiro atoms. The lowest BCUT2D eigenvalue weighted by Gasteiger charge is -2.02. The van der Waals surface area contributed by atoms with Gasteiger partial charge in [-0.05, 0) is 30.3 Å². The van der Waals surface area contributed by atoms with E-state index in [1.807, 2.05) is 0 Å². The summed E-state index contributed by atoms with van der Waals surface area (Å²) >= 11 is 0. The van der Waals surface area contributed by atoms with Gasteiger partial charge in [-0.15, -0.1) is 0 Å². The summed E-state index contributed by atoms with van der Waals surface area (Å²) in [4.78, 5) is 23.7. The molecule has 3 aromatic rings. The number of halogens is 1. The van der Waals surface area contributed by atoms with Crippen LogP contribution in [-0.2, 0) is 7.05 Å². The van der Waals surface area contributed by atoms with Gasteiger partial charge in [0.1, 0.15) is 5.82 Å². The number of ketones is 1. The molecule has 0 atom stereocenters. The van der Waals surface area contributed by atoms with Crippen LogP contribution in [0.15, 0.2) is 51.7 Å². The minimum absolute atomic E-state index is 0.000319. The first kappa shape index (κ1) is 12.3. The second-order valence-corrected chi connectivity index (χ2v) is 4.42. The zero-order chi connectivity index (χ0) is 14.3. The van der Waals surface area contributed by atoms with Gasteiger partial charge in [0.05, 0.1) is 11.1 Å². The summed E-state index contributed by atoms with van der Waals surface area (Å²) in [5.74, 6) is -1.51. The summed E-state index contributed by atoms with van der Waals surface area (Å²) < 4.78 is 19.9. The average Bonchev–Trinajstić information content (AvgIpc) is 2.74. The van der Waals surface area contributed by atoms with Crippen LogP contribution in [0.25, 0.3) is 11.1 Å². The van der Waals surface area contributed by atoms with Gasteiger partial charge in [0.15, 0.2) is 11.4 Å². The van der Waals surface area contributed by atoms with Crippen molar-refractivity contribution >= 4 is 16.9 Å². The van der Waals surface area contributed by atoms with Crippen molar-refractivity contribution in [3.8, 4) is 0 Å². The summed E-state index contributed by atoms with van der Waals surface area (Å²) in [6, 6.07) is 10.4. The molecule has 0 radical (unpaired) electrons. The van der Waals surface area contributed by atoms with Crippen LogP contribution in [0.5, 0.6) is 0 Å². The van der Waals surface area contributed by atoms with Crippen LogP contribution in [0.3, 0.4) is 0 Å². The van der Waals surface area contributed by atoms with Gasteiger partial charge in [-0.25, -0.2) is 9.18 Å². The van der Waals surface area contributed by atoms with E-state index in [1.54, 1.807) is 13.1 Å². The Hall–Kier alpha value is -2.69. The standard InChI is InChI=1S/C15H10FNO3/c1-17-12-8-9(6-7-13(12)20-15(17)19)14(18)10-4-2-3-5-11(10)16/h2-8H,1H3. The molecular formula is C15H10FNO3. The van der Waals surface area contributed by atoms with Crippen LogP contribution in [0, 0.1) is 5.82 Å². The van der Waals surface area contributed by atoms with Crippen molar-refractivity contribution in [2.45, 2.75) is 0 Å². The van der Waals surface area contributed by atoms with Gasteiger partial charge < -0.3 is 4.42 Å². The third-order valence-electron chi connectivity index (χ3n) is 3.17. The van der Waals surface area contributed by atoms with Crippen LogP contribution in [0.2, 0.25) is 0 Å². The fourth-order valence-corrected chi connectivity index (χ4v) is 2.07. The molecular weight excluding hydrogens is 261 g/mol. The van der Waals surface area contributed by atoms with Crippen molar-refractivity contribution in [2.24, 2.45) is 7.05 Å². The van der Waals surface area contributed by atoms with E-state index in [1.165, 1.54) is 41.0 Å². The molecule has 0 aliphatic rings. The van der Waals surface area contributed by atoms with Crippen molar-refractivity contribution < 1.29 is 13.6 Å². The first-order valence-electron chi connectivity index (χ1n) is 5.97. The highest BCUT2D eigenvalue weighted by Gasteiger charge is 2.15. The molecule has 2 aromatic carbocycles. The third kappa shape index (κ3) is 1.84. The van der Waals surface area contributed by atoms with E-state index in [-0.39, 0.29) is 5.56 Å². The zero-order valence-corrected chi connectivity index (χ0v) is 10.6. The molecule has 0 saturated heterocycles. The molecule has 1 aromatic heterocycles. The Bertz CT molecular complexity index is 876. The van der Waals surface area contributed by atoms with Crippen LogP contribution in [0.4, 0.5) is 4.39 Å². The number of carbonyl (C=O) groups is 1. The number of oxazole rings is 1. The highest BCUT2D eigenvalue weighted by Crippen LogP contribution is 2.18. The predicted octanol–water partition coefficient (Wildman–Crippen LogP) is 2.50. The number of hydrogen-bond donors (Lipinski definition) is 0. The predicted molar refractivity (Wildman–Crippen MR) is 71.3 cm³/mol. The Morgan fingerprint density at radius 2 is 1.95 bits per heavy atom. The maximum atomic E-state index is 13.6. The van der Waals surface area contributed by atoms with E-state index in [9.17, 15) is 14.0 Å². The second kappa shape index (κ2) is 4.45. The molecule has 100 valence electrons. The number of carbonyl (C=O) groups excluding carboxylic acids is 1. The lowest BCUT2D eigenvalue weighted by Crippen LogP contribution is -2.09. The minimum atomic E-state index is -0.571. The SMILES string of the molecule is Cn1c(=O)oc2ccc(C(=O)c3ccccc3F)cc21. The van der Waals surface area contributed by atoms with Gasteiger partial charge in [-0.1, -0.05) is 12.1 Å². The van der Waals surface area contributed by atoms with Crippen molar-refractivity contribution in [3.63, 3.8) is 0 Å². The molecule has 3 rings (SSSR count). The summed E-state index contributed by atoms with van der Waals surface area (Å²) in [5, 5.41) is 0. The molecule has 0 aliphatic carbocycles. The van der Waals surface area contributed by atoms with E-state index in [2.05, 4.69) is 0 Å². The minimum Gasteiger partial charge on any atom is -0.408 e. The van der Waals surface area contributed by atoms with Gasteiger partial charge >= 0.3 is 5.76 Å². The zero-order valence-electron chi connectivity index (χ0n) is 10.6. The number of nitrogens with zero attached hydrogens (tertiary/aromatic N) is 1. The summed E-state index contributed by atoms with van der Waals surface area (Å²) in [6.07, 6.45) is 0. The maximum Gasteiger partial charge on any atom is 0.419 e. The first-order valence-corrected chi connectivity index (χ1v) is 5.97. The van der Waals surface area contributed by atoms with Crippen LogP contribution in [-0.4, -0.2) is 10.4 Å². The second-order valence-electron chi connectivity index (χ2n) is 4.42. The molecule has 5 heteroatoms. The van der Waals surface area contributed by atoms with Crippen LogP contribution >= 0.6 is 0 Å². The lowest BCUT2D eigenvalue weighted by atomic mass is 10.0. The average molecular weight is 271 g/mol. The molecule has 0 fully saturated rings. The maximum absolute atomic E-state index is 13.6. The van der Waals surface area contributed by atoms with Gasteiger partial charge in [0.25, 0.3) is 0 Å². The number of aryl methyl sites for hydroxylation is 1. The van der Waals surface area contributed by atoms with Crippen LogP contribution in [0.1, 0.15) is 15.9 Å². The highest BCUT2D eigenvalue weighted by molar-refractivity contribution is 6.10. The van der Waals surface area contributed by atoms with Crippen molar-refractivity contribution in [2.75, 3.05) is 0 Å². The Kier molecular flexibility index (Phi) is 2.75. The molecule has 4 nitrogen and oxygen atoms in total. The van der Waals surface area contributed by atoms with Gasteiger partial charge in [-0.3, -0.25) is 9.36 Å². The molecule has 0 bridgehead atoms. The molecule has 0 N–H and O–H groups in total. The largest absolute Gasteiger partial charge is 0.419 e. The Balaban J connectivity index is 2.15. The summed E-state index contributed by atoms with van der Waals surface area (Å²) in [5.41, 5.74) is 1.19. The number of aromatic nitrogens is 1. The Morgan fingerprint density at radius 1 is 1.20 bits per heavy atom. The highest BCUT2D eigenvalue weighted by atomic mass is 19.1. The van der Waals surface area contributed by atoms with Gasteiger partial charge in [0.2, 0.25) is 0 Å². The monoisotopic (exact) mass is 271 g/mol. The summed E-state index contributed by atoms with van der Waals surface area (Å²) in [7, 11) is 1.55.